The number of likely N-dealkylation sites (tertiary alicyclic amines) is 1. The van der Waals surface area contributed by atoms with Crippen molar-refractivity contribution in [1.82, 2.24) is 9.80 Å². The van der Waals surface area contributed by atoms with Gasteiger partial charge in [-0.1, -0.05) is 23.2 Å². The van der Waals surface area contributed by atoms with E-state index < -0.39 is 0 Å². The average Bonchev–Trinajstić information content (AvgIpc) is 2.56. The van der Waals surface area contributed by atoms with Gasteiger partial charge in [0, 0.05) is 43.3 Å². The summed E-state index contributed by atoms with van der Waals surface area (Å²) >= 11 is 12.4. The third-order valence-corrected chi connectivity index (χ3v) is 5.41. The minimum atomic E-state index is 0.585. The zero-order valence-corrected chi connectivity index (χ0v) is 15.8. The molecule has 0 saturated carbocycles. The summed E-state index contributed by atoms with van der Waals surface area (Å²) in [6.45, 7) is 8.11. The number of morpholine rings is 1. The molecule has 1 atom stereocenters. The Morgan fingerprint density at radius 1 is 1.17 bits per heavy atom. The predicted octanol–water partition coefficient (Wildman–Crippen LogP) is 3.55. The first kappa shape index (κ1) is 18.3. The number of hydrogen-bond donors (Lipinski definition) is 0. The van der Waals surface area contributed by atoms with Crippen molar-refractivity contribution in [2.75, 3.05) is 53.0 Å². The van der Waals surface area contributed by atoms with Gasteiger partial charge in [-0.3, -0.25) is 9.80 Å². The number of piperidine rings is 1. The number of halogens is 2. The average molecular weight is 373 g/mol. The van der Waals surface area contributed by atoms with Crippen LogP contribution in [0.25, 0.3) is 0 Å². The zero-order chi connectivity index (χ0) is 16.9. The molecular weight excluding hydrogens is 347 g/mol. The van der Waals surface area contributed by atoms with E-state index in [4.69, 9.17) is 32.7 Å². The fraction of sp³-hybridized carbons (Fsp3) is 0.667. The van der Waals surface area contributed by atoms with Crippen molar-refractivity contribution in [1.29, 1.82) is 0 Å². The molecule has 6 heteroatoms. The zero-order valence-electron chi connectivity index (χ0n) is 14.3. The highest BCUT2D eigenvalue weighted by molar-refractivity contribution is 6.35. The summed E-state index contributed by atoms with van der Waals surface area (Å²) in [6, 6.07) is 3.71. The minimum Gasteiger partial charge on any atom is -0.495 e. The molecule has 0 aromatic heterocycles. The van der Waals surface area contributed by atoms with Crippen molar-refractivity contribution in [3.8, 4) is 5.75 Å². The smallest absolute Gasteiger partial charge is 0.142 e. The van der Waals surface area contributed by atoms with E-state index >= 15 is 0 Å². The molecule has 0 N–H and O–H groups in total. The van der Waals surface area contributed by atoms with Gasteiger partial charge < -0.3 is 9.47 Å². The maximum Gasteiger partial charge on any atom is 0.142 e. The van der Waals surface area contributed by atoms with Crippen molar-refractivity contribution in [3.05, 3.63) is 27.7 Å². The first-order valence-electron chi connectivity index (χ1n) is 8.70. The Morgan fingerprint density at radius 3 is 2.71 bits per heavy atom. The lowest BCUT2D eigenvalue weighted by Crippen LogP contribution is -2.44. The van der Waals surface area contributed by atoms with Crippen LogP contribution in [0.1, 0.15) is 18.4 Å². The van der Waals surface area contributed by atoms with E-state index in [-0.39, 0.29) is 0 Å². The van der Waals surface area contributed by atoms with E-state index in [1.165, 1.54) is 19.4 Å². The Balaban J connectivity index is 1.61. The Labute approximate surface area is 154 Å². The van der Waals surface area contributed by atoms with Gasteiger partial charge in [-0.05, 0) is 37.4 Å². The normalized spacial score (nSPS) is 23.4. The standard InChI is InChI=1S/C18H26Cl2N2O2/c1-23-18-15(9-16(19)10-17(18)20)13-22-4-2-3-14(12-22)11-21-5-7-24-8-6-21/h9-10,14H,2-8,11-13H2,1H3. The summed E-state index contributed by atoms with van der Waals surface area (Å²) in [4.78, 5) is 5.04. The Bertz CT molecular complexity index is 550. The molecule has 3 rings (SSSR count). The van der Waals surface area contributed by atoms with Crippen molar-refractivity contribution in [2.45, 2.75) is 19.4 Å². The van der Waals surface area contributed by atoms with Gasteiger partial charge in [-0.15, -0.1) is 0 Å². The summed E-state index contributed by atoms with van der Waals surface area (Å²) in [6.07, 6.45) is 2.55. The predicted molar refractivity (Wildman–Crippen MR) is 98.3 cm³/mol. The Morgan fingerprint density at radius 2 is 1.96 bits per heavy atom. The monoisotopic (exact) mass is 372 g/mol. The molecule has 0 spiro atoms. The van der Waals surface area contributed by atoms with Gasteiger partial charge in [-0.25, -0.2) is 0 Å². The Kier molecular flexibility index (Phi) is 6.64. The second kappa shape index (κ2) is 8.72. The molecule has 0 aliphatic carbocycles. The van der Waals surface area contributed by atoms with Crippen LogP contribution >= 0.6 is 23.2 Å². The summed E-state index contributed by atoms with van der Waals surface area (Å²) in [5.41, 5.74) is 1.07. The van der Waals surface area contributed by atoms with Gasteiger partial charge in [0.1, 0.15) is 5.75 Å². The van der Waals surface area contributed by atoms with Gasteiger partial charge in [0.2, 0.25) is 0 Å². The maximum absolute atomic E-state index is 6.26. The highest BCUT2D eigenvalue weighted by Crippen LogP contribution is 2.33. The van der Waals surface area contributed by atoms with Gasteiger partial charge in [0.15, 0.2) is 0 Å². The molecule has 1 aromatic rings. The van der Waals surface area contributed by atoms with E-state index in [0.717, 1.165) is 63.2 Å². The van der Waals surface area contributed by atoms with Crippen molar-refractivity contribution in [3.63, 3.8) is 0 Å². The van der Waals surface area contributed by atoms with Gasteiger partial charge in [0.25, 0.3) is 0 Å². The molecule has 2 saturated heterocycles. The summed E-state index contributed by atoms with van der Waals surface area (Å²) in [5, 5.41) is 1.25. The van der Waals surface area contributed by atoms with E-state index in [1.807, 2.05) is 6.07 Å². The fourth-order valence-corrected chi connectivity index (χ4v) is 4.41. The molecule has 0 bridgehead atoms. The second-order valence-electron chi connectivity index (χ2n) is 6.74. The third-order valence-electron chi connectivity index (χ3n) is 4.91. The van der Waals surface area contributed by atoms with Crippen LogP contribution in [0.3, 0.4) is 0 Å². The molecule has 24 heavy (non-hydrogen) atoms. The lowest BCUT2D eigenvalue weighted by molar-refractivity contribution is 0.0224. The van der Waals surface area contributed by atoms with Gasteiger partial charge in [0.05, 0.1) is 25.3 Å². The van der Waals surface area contributed by atoms with Crippen molar-refractivity contribution >= 4 is 23.2 Å². The lowest BCUT2D eigenvalue weighted by Gasteiger charge is -2.37. The maximum atomic E-state index is 6.26. The van der Waals surface area contributed by atoms with E-state index in [1.54, 1.807) is 13.2 Å². The number of hydrogen-bond acceptors (Lipinski definition) is 4. The van der Waals surface area contributed by atoms with Crippen LogP contribution < -0.4 is 4.74 Å². The van der Waals surface area contributed by atoms with Crippen LogP contribution in [0.2, 0.25) is 10.0 Å². The molecule has 2 fully saturated rings. The molecule has 2 aliphatic rings. The van der Waals surface area contributed by atoms with Crippen LogP contribution in [0, 0.1) is 5.92 Å². The van der Waals surface area contributed by atoms with Gasteiger partial charge in [-0.2, -0.15) is 0 Å². The fourth-order valence-electron chi connectivity index (χ4n) is 3.79. The second-order valence-corrected chi connectivity index (χ2v) is 7.58. The SMILES string of the molecule is COc1c(Cl)cc(Cl)cc1CN1CCCC(CN2CCOCC2)C1. The topological polar surface area (TPSA) is 24.9 Å². The molecule has 0 amide bonds. The summed E-state index contributed by atoms with van der Waals surface area (Å²) in [7, 11) is 1.66. The van der Waals surface area contributed by atoms with Crippen LogP contribution in [0.5, 0.6) is 5.75 Å². The Hall–Kier alpha value is -0.520. The molecule has 2 aliphatic heterocycles. The highest BCUT2D eigenvalue weighted by Gasteiger charge is 2.24. The molecular formula is C18H26Cl2N2O2. The van der Waals surface area contributed by atoms with Crippen molar-refractivity contribution < 1.29 is 9.47 Å². The molecule has 0 radical (unpaired) electrons. The molecule has 2 heterocycles. The molecule has 134 valence electrons. The van der Waals surface area contributed by atoms with Crippen LogP contribution in [-0.4, -0.2) is 62.8 Å². The lowest BCUT2D eigenvalue weighted by atomic mass is 9.96. The number of rotatable bonds is 5. The minimum absolute atomic E-state index is 0.585. The largest absolute Gasteiger partial charge is 0.495 e. The summed E-state index contributed by atoms with van der Waals surface area (Å²) in [5.74, 6) is 1.47. The first-order valence-corrected chi connectivity index (χ1v) is 9.45. The summed E-state index contributed by atoms with van der Waals surface area (Å²) < 4.78 is 10.9. The van der Waals surface area contributed by atoms with E-state index in [9.17, 15) is 0 Å². The first-order chi connectivity index (χ1) is 11.7. The molecule has 4 nitrogen and oxygen atoms in total. The third kappa shape index (κ3) is 4.77. The van der Waals surface area contributed by atoms with E-state index in [0.29, 0.717) is 10.0 Å². The quantitative estimate of drug-likeness (QED) is 0.788. The van der Waals surface area contributed by atoms with Gasteiger partial charge >= 0.3 is 0 Å². The van der Waals surface area contributed by atoms with Crippen LogP contribution in [0.15, 0.2) is 12.1 Å². The molecule has 1 aromatic carbocycles. The molecule has 1 unspecified atom stereocenters. The van der Waals surface area contributed by atoms with Crippen LogP contribution in [-0.2, 0) is 11.3 Å². The number of ether oxygens (including phenoxy) is 2. The number of methoxy groups -OCH3 is 1. The number of nitrogens with zero attached hydrogens (tertiary/aromatic N) is 2. The van der Waals surface area contributed by atoms with Crippen molar-refractivity contribution in [2.24, 2.45) is 5.92 Å². The van der Waals surface area contributed by atoms with Crippen LogP contribution in [0.4, 0.5) is 0 Å². The number of benzene rings is 1. The van der Waals surface area contributed by atoms with E-state index in [2.05, 4.69) is 9.80 Å². The highest BCUT2D eigenvalue weighted by atomic mass is 35.5.